The molecule has 1 heterocycles. The largest absolute Gasteiger partial charge is 0.332 e. The number of hydrogen-bond donors (Lipinski definition) is 2. The van der Waals surface area contributed by atoms with Crippen molar-refractivity contribution in [2.45, 2.75) is 6.42 Å². The van der Waals surface area contributed by atoms with Crippen molar-refractivity contribution in [3.05, 3.63) is 84.4 Å². The molecule has 0 radical (unpaired) electrons. The summed E-state index contributed by atoms with van der Waals surface area (Å²) in [6.07, 6.45) is 0.280. The van der Waals surface area contributed by atoms with Crippen LogP contribution in [-0.2, 0) is 11.2 Å². The number of thiocarbonyl (C=S) groups is 1. The molecule has 4 rings (SSSR count). The lowest BCUT2D eigenvalue weighted by molar-refractivity contribution is -0.119. The predicted molar refractivity (Wildman–Crippen MR) is 120 cm³/mol. The number of aromatic nitrogens is 1. The maximum Gasteiger partial charge on any atom is 0.230 e. The average molecular weight is 404 g/mol. The number of carbonyl (C=O) groups is 1. The molecular weight excluding hydrogens is 386 g/mol. The molecule has 4 nitrogen and oxygen atoms in total. The van der Waals surface area contributed by atoms with Crippen molar-refractivity contribution >= 4 is 50.5 Å². The van der Waals surface area contributed by atoms with E-state index in [2.05, 4.69) is 16.7 Å². The zero-order valence-corrected chi connectivity index (χ0v) is 16.5. The average Bonchev–Trinajstić information content (AvgIpc) is 3.13. The third-order valence-electron chi connectivity index (χ3n) is 4.16. The molecule has 0 aliphatic carbocycles. The van der Waals surface area contributed by atoms with Gasteiger partial charge in [0.2, 0.25) is 5.91 Å². The Hall–Kier alpha value is -3.09. The SMILES string of the molecule is O=C(Cc1ccccc1)NC(=S)Nc1ccccc1-c1nc2ccccc2s1. The Morgan fingerprint density at radius 1 is 0.929 bits per heavy atom. The fourth-order valence-corrected chi connectivity index (χ4v) is 4.10. The van der Waals surface area contributed by atoms with Gasteiger partial charge in [-0.3, -0.25) is 4.79 Å². The van der Waals surface area contributed by atoms with Gasteiger partial charge in [0, 0.05) is 5.56 Å². The molecule has 0 aliphatic rings. The fourth-order valence-electron chi connectivity index (χ4n) is 2.87. The van der Waals surface area contributed by atoms with Gasteiger partial charge >= 0.3 is 0 Å². The third-order valence-corrected chi connectivity index (χ3v) is 5.43. The minimum absolute atomic E-state index is 0.152. The lowest BCUT2D eigenvalue weighted by atomic mass is 10.1. The van der Waals surface area contributed by atoms with Gasteiger partial charge in [-0.05, 0) is 42.0 Å². The van der Waals surface area contributed by atoms with Crippen molar-refractivity contribution in [1.29, 1.82) is 0 Å². The first kappa shape index (κ1) is 18.3. The van der Waals surface area contributed by atoms with Crippen LogP contribution in [0.3, 0.4) is 0 Å². The Kier molecular flexibility index (Phi) is 5.41. The zero-order chi connectivity index (χ0) is 19.3. The number of carbonyl (C=O) groups excluding carboxylic acids is 1. The molecule has 0 aliphatic heterocycles. The summed E-state index contributed by atoms with van der Waals surface area (Å²) in [7, 11) is 0. The Balaban J connectivity index is 1.49. The van der Waals surface area contributed by atoms with Crippen molar-refractivity contribution in [2.24, 2.45) is 0 Å². The first-order valence-electron chi connectivity index (χ1n) is 8.79. The lowest BCUT2D eigenvalue weighted by Gasteiger charge is -2.12. The number of nitrogens with one attached hydrogen (secondary N) is 2. The van der Waals surface area contributed by atoms with E-state index in [4.69, 9.17) is 17.2 Å². The van der Waals surface area contributed by atoms with Crippen LogP contribution in [0, 0.1) is 0 Å². The molecule has 1 aromatic heterocycles. The van der Waals surface area contributed by atoms with Crippen LogP contribution in [0.1, 0.15) is 5.56 Å². The highest BCUT2D eigenvalue weighted by Gasteiger charge is 2.12. The summed E-state index contributed by atoms with van der Waals surface area (Å²) in [6.45, 7) is 0. The van der Waals surface area contributed by atoms with Crippen molar-refractivity contribution in [3.63, 3.8) is 0 Å². The van der Waals surface area contributed by atoms with Crippen LogP contribution < -0.4 is 10.6 Å². The maximum atomic E-state index is 12.2. The van der Waals surface area contributed by atoms with Crippen molar-refractivity contribution in [2.75, 3.05) is 5.32 Å². The van der Waals surface area contributed by atoms with E-state index in [1.165, 1.54) is 0 Å². The lowest BCUT2D eigenvalue weighted by Crippen LogP contribution is -2.35. The van der Waals surface area contributed by atoms with Crippen molar-refractivity contribution in [3.8, 4) is 10.6 Å². The van der Waals surface area contributed by atoms with Crippen LogP contribution in [0.2, 0.25) is 0 Å². The molecule has 6 heteroatoms. The summed E-state index contributed by atoms with van der Waals surface area (Å²) in [5.74, 6) is -0.152. The molecule has 0 unspecified atom stereocenters. The van der Waals surface area contributed by atoms with Gasteiger partial charge in [-0.1, -0.05) is 54.6 Å². The molecule has 0 saturated heterocycles. The second kappa shape index (κ2) is 8.29. The van der Waals surface area contributed by atoms with Gasteiger partial charge in [-0.25, -0.2) is 4.98 Å². The van der Waals surface area contributed by atoms with Crippen LogP contribution in [0.15, 0.2) is 78.9 Å². The van der Waals surface area contributed by atoms with Crippen LogP contribution >= 0.6 is 23.6 Å². The molecule has 0 atom stereocenters. The molecule has 28 heavy (non-hydrogen) atoms. The van der Waals surface area contributed by atoms with E-state index >= 15 is 0 Å². The Labute approximate surface area is 172 Å². The van der Waals surface area contributed by atoms with Crippen molar-refractivity contribution in [1.82, 2.24) is 10.3 Å². The van der Waals surface area contributed by atoms with E-state index < -0.39 is 0 Å². The van der Waals surface area contributed by atoms with Gasteiger partial charge in [0.1, 0.15) is 5.01 Å². The summed E-state index contributed by atoms with van der Waals surface area (Å²) in [6, 6.07) is 25.4. The third kappa shape index (κ3) is 4.24. The Bertz CT molecular complexity index is 1110. The highest BCUT2D eigenvalue weighted by Crippen LogP contribution is 2.34. The molecule has 1 amide bonds. The fraction of sp³-hybridized carbons (Fsp3) is 0.0455. The van der Waals surface area contributed by atoms with E-state index in [0.29, 0.717) is 0 Å². The number of anilines is 1. The normalized spacial score (nSPS) is 10.6. The molecule has 0 fully saturated rings. The first-order valence-corrected chi connectivity index (χ1v) is 10.0. The smallest absolute Gasteiger partial charge is 0.230 e. The quantitative estimate of drug-likeness (QED) is 0.470. The molecule has 0 spiro atoms. The minimum Gasteiger partial charge on any atom is -0.332 e. The van der Waals surface area contributed by atoms with Crippen LogP contribution in [0.5, 0.6) is 0 Å². The Morgan fingerprint density at radius 3 is 2.46 bits per heavy atom. The number of para-hydroxylation sites is 2. The molecule has 4 aromatic rings. The highest BCUT2D eigenvalue weighted by molar-refractivity contribution is 7.80. The van der Waals surface area contributed by atoms with Crippen LogP contribution in [-0.4, -0.2) is 16.0 Å². The summed E-state index contributed by atoms with van der Waals surface area (Å²) in [5, 5.41) is 7.06. The minimum atomic E-state index is -0.152. The van der Waals surface area contributed by atoms with E-state index in [1.54, 1.807) is 11.3 Å². The molecule has 3 aromatic carbocycles. The monoisotopic (exact) mass is 403 g/mol. The van der Waals surface area contributed by atoms with Crippen LogP contribution in [0.25, 0.3) is 20.8 Å². The second-order valence-electron chi connectivity index (χ2n) is 6.20. The van der Waals surface area contributed by atoms with E-state index in [9.17, 15) is 4.79 Å². The summed E-state index contributed by atoms with van der Waals surface area (Å²) in [4.78, 5) is 17.0. The van der Waals surface area contributed by atoms with Gasteiger partial charge in [0.15, 0.2) is 5.11 Å². The summed E-state index contributed by atoms with van der Waals surface area (Å²) >= 11 is 6.97. The van der Waals surface area contributed by atoms with Gasteiger partial charge in [0.05, 0.1) is 22.3 Å². The van der Waals surface area contributed by atoms with Crippen molar-refractivity contribution < 1.29 is 4.79 Å². The second-order valence-corrected chi connectivity index (χ2v) is 7.64. The highest BCUT2D eigenvalue weighted by atomic mass is 32.1. The summed E-state index contributed by atoms with van der Waals surface area (Å²) in [5.41, 5.74) is 3.67. The predicted octanol–water partition coefficient (Wildman–Crippen LogP) is 5.02. The first-order chi connectivity index (χ1) is 13.7. The molecule has 0 bridgehead atoms. The number of hydrogen-bond acceptors (Lipinski definition) is 4. The van der Waals surface area contributed by atoms with E-state index in [1.807, 2.05) is 72.8 Å². The number of rotatable bonds is 4. The molecule has 138 valence electrons. The Morgan fingerprint density at radius 2 is 1.64 bits per heavy atom. The topological polar surface area (TPSA) is 54.0 Å². The van der Waals surface area contributed by atoms with Gasteiger partial charge in [-0.2, -0.15) is 0 Å². The number of nitrogens with zero attached hydrogens (tertiary/aromatic N) is 1. The van der Waals surface area contributed by atoms with Gasteiger partial charge in [0.25, 0.3) is 0 Å². The van der Waals surface area contributed by atoms with E-state index in [-0.39, 0.29) is 17.4 Å². The number of benzene rings is 3. The molecule has 2 N–H and O–H groups in total. The maximum absolute atomic E-state index is 12.2. The number of thiazole rings is 1. The standard InChI is InChI=1S/C22H17N3OS2/c26-20(14-15-8-2-1-3-9-15)25-22(27)24-17-11-5-4-10-16(17)21-23-18-12-6-7-13-19(18)28-21/h1-13H,14H2,(H2,24,25,26,27). The van der Waals surface area contributed by atoms with Gasteiger partial charge < -0.3 is 10.6 Å². The zero-order valence-electron chi connectivity index (χ0n) is 14.9. The van der Waals surface area contributed by atoms with Gasteiger partial charge in [-0.15, -0.1) is 11.3 Å². The van der Waals surface area contributed by atoms with E-state index in [0.717, 1.165) is 32.0 Å². The number of fused-ring (bicyclic) bond motifs is 1. The molecular formula is C22H17N3OS2. The van der Waals surface area contributed by atoms with Crippen LogP contribution in [0.4, 0.5) is 5.69 Å². The molecule has 0 saturated carbocycles. The number of amides is 1. The summed E-state index contributed by atoms with van der Waals surface area (Å²) < 4.78 is 1.13.